The largest absolute Gasteiger partial charge is 0.494 e. The third-order valence-electron chi connectivity index (χ3n) is 3.75. The third-order valence-corrected chi connectivity index (χ3v) is 3.75. The summed E-state index contributed by atoms with van der Waals surface area (Å²) >= 11 is 0. The van der Waals surface area contributed by atoms with E-state index in [-0.39, 0.29) is 5.43 Å². The fourth-order valence-electron chi connectivity index (χ4n) is 2.78. The second-order valence-electron chi connectivity index (χ2n) is 4.90. The van der Waals surface area contributed by atoms with Crippen LogP contribution in [0.15, 0.2) is 53.5 Å². The van der Waals surface area contributed by atoms with Gasteiger partial charge in [0.15, 0.2) is 5.43 Å². The molecule has 0 aliphatic rings. The van der Waals surface area contributed by atoms with Gasteiger partial charge < -0.3 is 9.72 Å². The molecule has 4 nitrogen and oxygen atoms in total. The molecular formula is C17H12N2O2. The summed E-state index contributed by atoms with van der Waals surface area (Å²) in [5.74, 6) is 0.624. The van der Waals surface area contributed by atoms with Gasteiger partial charge in [-0.3, -0.25) is 9.78 Å². The highest BCUT2D eigenvalue weighted by molar-refractivity contribution is 6.10. The molecule has 21 heavy (non-hydrogen) atoms. The number of H-pyrrole nitrogens is 1. The van der Waals surface area contributed by atoms with Gasteiger partial charge >= 0.3 is 0 Å². The zero-order valence-electron chi connectivity index (χ0n) is 11.4. The van der Waals surface area contributed by atoms with E-state index in [0.29, 0.717) is 22.0 Å². The highest BCUT2D eigenvalue weighted by Crippen LogP contribution is 2.30. The number of ether oxygens (including phenoxy) is 1. The Kier molecular flexibility index (Phi) is 2.44. The topological polar surface area (TPSA) is 55.0 Å². The molecule has 0 bridgehead atoms. The SMILES string of the molecule is COc1cc2ncccc2c2c(=O)c3ccccc3[nH]c12. The number of methoxy groups -OCH3 is 1. The Hall–Kier alpha value is -2.88. The van der Waals surface area contributed by atoms with E-state index in [1.165, 1.54) is 0 Å². The van der Waals surface area contributed by atoms with E-state index in [9.17, 15) is 4.79 Å². The fraction of sp³-hybridized carbons (Fsp3) is 0.0588. The molecule has 1 N–H and O–H groups in total. The predicted molar refractivity (Wildman–Crippen MR) is 83.9 cm³/mol. The van der Waals surface area contributed by atoms with Gasteiger partial charge in [0.25, 0.3) is 0 Å². The van der Waals surface area contributed by atoms with Crippen molar-refractivity contribution < 1.29 is 4.74 Å². The summed E-state index contributed by atoms with van der Waals surface area (Å²) in [4.78, 5) is 20.5. The molecule has 0 aliphatic heterocycles. The maximum Gasteiger partial charge on any atom is 0.198 e. The summed E-state index contributed by atoms with van der Waals surface area (Å²) < 4.78 is 5.43. The molecule has 0 fully saturated rings. The van der Waals surface area contributed by atoms with Gasteiger partial charge in [0.05, 0.1) is 23.5 Å². The van der Waals surface area contributed by atoms with E-state index in [0.717, 1.165) is 16.4 Å². The normalized spacial score (nSPS) is 11.3. The van der Waals surface area contributed by atoms with Crippen LogP contribution in [0.4, 0.5) is 0 Å². The minimum Gasteiger partial charge on any atom is -0.494 e. The molecule has 102 valence electrons. The molecule has 2 aromatic carbocycles. The number of nitrogens with zero attached hydrogens (tertiary/aromatic N) is 1. The van der Waals surface area contributed by atoms with Crippen molar-refractivity contribution in [1.29, 1.82) is 0 Å². The van der Waals surface area contributed by atoms with Crippen molar-refractivity contribution in [2.75, 3.05) is 7.11 Å². The van der Waals surface area contributed by atoms with E-state index in [4.69, 9.17) is 4.74 Å². The van der Waals surface area contributed by atoms with E-state index in [1.807, 2.05) is 42.5 Å². The molecule has 4 rings (SSSR count). The van der Waals surface area contributed by atoms with Crippen molar-refractivity contribution in [3.05, 3.63) is 58.9 Å². The van der Waals surface area contributed by atoms with Crippen LogP contribution in [-0.2, 0) is 0 Å². The van der Waals surface area contributed by atoms with Crippen molar-refractivity contribution in [2.24, 2.45) is 0 Å². The second-order valence-corrected chi connectivity index (χ2v) is 4.90. The number of para-hydroxylation sites is 1. The number of rotatable bonds is 1. The number of hydrogen-bond donors (Lipinski definition) is 1. The van der Waals surface area contributed by atoms with E-state index in [2.05, 4.69) is 9.97 Å². The molecule has 2 aromatic heterocycles. The summed E-state index contributed by atoms with van der Waals surface area (Å²) in [5, 5.41) is 2.12. The van der Waals surface area contributed by atoms with Gasteiger partial charge in [0.1, 0.15) is 5.75 Å². The number of pyridine rings is 2. The highest BCUT2D eigenvalue weighted by Gasteiger charge is 2.13. The minimum absolute atomic E-state index is 0.00347. The molecule has 4 heteroatoms. The van der Waals surface area contributed by atoms with Crippen LogP contribution < -0.4 is 10.2 Å². The fourth-order valence-corrected chi connectivity index (χ4v) is 2.78. The highest BCUT2D eigenvalue weighted by atomic mass is 16.5. The van der Waals surface area contributed by atoms with Gasteiger partial charge in [-0.2, -0.15) is 0 Å². The Balaban J connectivity index is 2.38. The molecule has 0 amide bonds. The maximum atomic E-state index is 12.9. The summed E-state index contributed by atoms with van der Waals surface area (Å²) in [7, 11) is 1.59. The molecule has 4 aromatic rings. The molecule has 0 radical (unpaired) electrons. The van der Waals surface area contributed by atoms with Crippen LogP contribution in [0.3, 0.4) is 0 Å². The Morgan fingerprint density at radius 1 is 1.10 bits per heavy atom. The molecule has 0 aliphatic carbocycles. The van der Waals surface area contributed by atoms with Crippen LogP contribution >= 0.6 is 0 Å². The first-order valence-corrected chi connectivity index (χ1v) is 6.66. The summed E-state index contributed by atoms with van der Waals surface area (Å²) in [5.41, 5.74) is 2.26. The van der Waals surface area contributed by atoms with Gasteiger partial charge in [-0.25, -0.2) is 0 Å². The second kappa shape index (κ2) is 4.31. The van der Waals surface area contributed by atoms with E-state index in [1.54, 1.807) is 13.3 Å². The summed E-state index contributed by atoms with van der Waals surface area (Å²) in [6.45, 7) is 0. The minimum atomic E-state index is -0.00347. The molecule has 0 saturated carbocycles. The Morgan fingerprint density at radius 2 is 1.90 bits per heavy atom. The van der Waals surface area contributed by atoms with Gasteiger partial charge in [0.2, 0.25) is 0 Å². The average molecular weight is 276 g/mol. The van der Waals surface area contributed by atoms with Crippen LogP contribution in [-0.4, -0.2) is 17.1 Å². The van der Waals surface area contributed by atoms with Crippen molar-refractivity contribution in [1.82, 2.24) is 9.97 Å². The van der Waals surface area contributed by atoms with Gasteiger partial charge in [-0.1, -0.05) is 18.2 Å². The van der Waals surface area contributed by atoms with Gasteiger partial charge in [0, 0.05) is 28.6 Å². The molecule has 0 atom stereocenters. The first-order valence-electron chi connectivity index (χ1n) is 6.66. The zero-order valence-corrected chi connectivity index (χ0v) is 11.4. The number of nitrogens with one attached hydrogen (secondary N) is 1. The molecular weight excluding hydrogens is 264 g/mol. The third kappa shape index (κ3) is 1.62. The van der Waals surface area contributed by atoms with Crippen LogP contribution in [0.5, 0.6) is 5.75 Å². The molecule has 2 heterocycles. The number of hydrogen-bond acceptors (Lipinski definition) is 3. The molecule has 0 saturated heterocycles. The monoisotopic (exact) mass is 276 g/mol. The van der Waals surface area contributed by atoms with Gasteiger partial charge in [-0.15, -0.1) is 0 Å². The average Bonchev–Trinajstić information content (AvgIpc) is 2.54. The number of benzene rings is 2. The Morgan fingerprint density at radius 3 is 2.76 bits per heavy atom. The Bertz CT molecular complexity index is 1050. The van der Waals surface area contributed by atoms with E-state index < -0.39 is 0 Å². The molecule has 0 spiro atoms. The summed E-state index contributed by atoms with van der Waals surface area (Å²) in [6.07, 6.45) is 1.71. The quantitative estimate of drug-likeness (QED) is 0.429. The lowest BCUT2D eigenvalue weighted by Crippen LogP contribution is -2.06. The first-order chi connectivity index (χ1) is 10.3. The van der Waals surface area contributed by atoms with Crippen LogP contribution in [0.1, 0.15) is 0 Å². The van der Waals surface area contributed by atoms with Crippen LogP contribution in [0.25, 0.3) is 32.7 Å². The number of fused-ring (bicyclic) bond motifs is 4. The van der Waals surface area contributed by atoms with Crippen molar-refractivity contribution in [3.63, 3.8) is 0 Å². The van der Waals surface area contributed by atoms with Crippen molar-refractivity contribution in [3.8, 4) is 5.75 Å². The maximum absolute atomic E-state index is 12.9. The van der Waals surface area contributed by atoms with E-state index >= 15 is 0 Å². The predicted octanol–water partition coefficient (Wildman–Crippen LogP) is 3.24. The van der Waals surface area contributed by atoms with Crippen LogP contribution in [0.2, 0.25) is 0 Å². The standard InChI is InChI=1S/C17H12N2O2/c1-21-14-9-13-10(6-4-8-18-13)15-16(14)19-12-7-3-2-5-11(12)17(15)20/h2-9H,1H3,(H,19,20). The lowest BCUT2D eigenvalue weighted by molar-refractivity contribution is 0.419. The number of aromatic amines is 1. The van der Waals surface area contributed by atoms with Crippen LogP contribution in [0, 0.1) is 0 Å². The lowest BCUT2D eigenvalue weighted by Gasteiger charge is -2.10. The smallest absolute Gasteiger partial charge is 0.198 e. The number of aromatic nitrogens is 2. The first kappa shape index (κ1) is 11.9. The Labute approximate surface area is 120 Å². The van der Waals surface area contributed by atoms with Crippen molar-refractivity contribution >= 4 is 32.7 Å². The summed E-state index contributed by atoms with van der Waals surface area (Å²) in [6, 6.07) is 13.1. The lowest BCUT2D eigenvalue weighted by atomic mass is 10.0. The van der Waals surface area contributed by atoms with Gasteiger partial charge in [-0.05, 0) is 18.2 Å². The van der Waals surface area contributed by atoms with Crippen molar-refractivity contribution in [2.45, 2.75) is 0 Å². The zero-order chi connectivity index (χ0) is 14.4. The molecule has 0 unspecified atom stereocenters.